The molecule has 0 saturated heterocycles. The van der Waals surface area contributed by atoms with Crippen LogP contribution < -0.4 is 0 Å². The molecule has 2 aromatic carbocycles. The summed E-state index contributed by atoms with van der Waals surface area (Å²) in [5.41, 5.74) is 5.60. The lowest BCUT2D eigenvalue weighted by Gasteiger charge is -2.18. The van der Waals surface area contributed by atoms with Crippen LogP contribution in [0, 0.1) is 0 Å². The van der Waals surface area contributed by atoms with Crippen molar-refractivity contribution < 1.29 is 0 Å². The quantitative estimate of drug-likeness (QED) is 0.571. The Labute approximate surface area is 140 Å². The molecule has 0 aliphatic heterocycles. The van der Waals surface area contributed by atoms with Gasteiger partial charge in [-0.15, -0.1) is 0 Å². The third kappa shape index (κ3) is 2.87. The largest absolute Gasteiger partial charge is 0.255 e. The smallest absolute Gasteiger partial charge is 0.0774 e. The normalized spacial score (nSPS) is 14.3. The van der Waals surface area contributed by atoms with E-state index in [0.29, 0.717) is 0 Å². The van der Waals surface area contributed by atoms with Crippen LogP contribution in [-0.4, -0.2) is 11.2 Å². The van der Waals surface area contributed by atoms with Gasteiger partial charge in [0.1, 0.15) is 0 Å². The molecule has 23 heavy (non-hydrogen) atoms. The predicted octanol–water partition coefficient (Wildman–Crippen LogP) is 5.52. The molecule has 0 spiro atoms. The van der Waals surface area contributed by atoms with Crippen molar-refractivity contribution in [1.82, 2.24) is 4.98 Å². The molecule has 2 nitrogen and oxygen atoms in total. The van der Waals surface area contributed by atoms with Crippen LogP contribution in [0.4, 0.5) is 5.69 Å². The highest BCUT2D eigenvalue weighted by atomic mass is 35.5. The molecular formula is C20H17ClN2. The standard InChI is InChI=1S/C20H17ClN2/c21-15-10-11-17-19(12-15)23-18-9-5-4-8-16(18)20(17)22-13-14-6-2-1-3-7-14/h1-3,6-7,10-13H,4-5,8-9H2/b22-13+. The molecule has 0 radical (unpaired) electrons. The van der Waals surface area contributed by atoms with Gasteiger partial charge in [0.15, 0.2) is 0 Å². The average Bonchev–Trinajstić information content (AvgIpc) is 2.59. The van der Waals surface area contributed by atoms with Crippen molar-refractivity contribution in [2.75, 3.05) is 0 Å². The van der Waals surface area contributed by atoms with Crippen LogP contribution in [0.5, 0.6) is 0 Å². The summed E-state index contributed by atoms with van der Waals surface area (Å²) >= 11 is 6.15. The van der Waals surface area contributed by atoms with E-state index in [1.807, 2.05) is 42.6 Å². The van der Waals surface area contributed by atoms with Crippen molar-refractivity contribution in [3.8, 4) is 0 Å². The van der Waals surface area contributed by atoms with Gasteiger partial charge in [-0.25, -0.2) is 0 Å². The minimum absolute atomic E-state index is 0.721. The molecule has 1 heterocycles. The predicted molar refractivity (Wildman–Crippen MR) is 97.1 cm³/mol. The Balaban J connectivity index is 1.90. The molecule has 0 saturated carbocycles. The average molecular weight is 321 g/mol. The summed E-state index contributed by atoms with van der Waals surface area (Å²) in [6.45, 7) is 0. The highest BCUT2D eigenvalue weighted by Crippen LogP contribution is 2.36. The number of pyridine rings is 1. The maximum Gasteiger partial charge on any atom is 0.0774 e. The number of fused-ring (bicyclic) bond motifs is 2. The number of hydrogen-bond acceptors (Lipinski definition) is 2. The summed E-state index contributed by atoms with van der Waals surface area (Å²) in [4.78, 5) is 9.67. The van der Waals surface area contributed by atoms with E-state index >= 15 is 0 Å². The molecule has 3 aromatic rings. The number of rotatable bonds is 2. The maximum absolute atomic E-state index is 6.15. The number of hydrogen-bond donors (Lipinski definition) is 0. The van der Waals surface area contributed by atoms with E-state index in [4.69, 9.17) is 21.6 Å². The number of nitrogens with zero attached hydrogens (tertiary/aromatic N) is 2. The summed E-state index contributed by atoms with van der Waals surface area (Å²) in [5, 5.41) is 1.81. The summed E-state index contributed by atoms with van der Waals surface area (Å²) in [7, 11) is 0. The zero-order valence-corrected chi connectivity index (χ0v) is 13.6. The van der Waals surface area contributed by atoms with Crippen LogP contribution in [0.3, 0.4) is 0 Å². The van der Waals surface area contributed by atoms with Gasteiger partial charge in [0.2, 0.25) is 0 Å². The first-order valence-corrected chi connectivity index (χ1v) is 8.39. The zero-order valence-electron chi connectivity index (χ0n) is 12.8. The van der Waals surface area contributed by atoms with E-state index in [2.05, 4.69) is 12.1 Å². The number of benzene rings is 2. The lowest BCUT2D eigenvalue weighted by atomic mass is 9.93. The third-order valence-corrected chi connectivity index (χ3v) is 4.57. The van der Waals surface area contributed by atoms with Gasteiger partial charge in [0, 0.05) is 22.3 Å². The number of aliphatic imine (C=N–C) groups is 1. The van der Waals surface area contributed by atoms with Gasteiger partial charge in [-0.05, 0) is 55.0 Å². The highest BCUT2D eigenvalue weighted by Gasteiger charge is 2.17. The van der Waals surface area contributed by atoms with Gasteiger partial charge >= 0.3 is 0 Å². The van der Waals surface area contributed by atoms with Crippen LogP contribution in [0.1, 0.15) is 29.7 Å². The fourth-order valence-electron chi connectivity index (χ4n) is 3.20. The molecule has 1 aliphatic carbocycles. The van der Waals surface area contributed by atoms with Crippen LogP contribution in [0.2, 0.25) is 5.02 Å². The summed E-state index contributed by atoms with van der Waals surface area (Å²) in [5.74, 6) is 0. The van der Waals surface area contributed by atoms with E-state index in [9.17, 15) is 0 Å². The molecule has 1 aliphatic rings. The van der Waals surface area contributed by atoms with Gasteiger partial charge in [-0.1, -0.05) is 41.9 Å². The van der Waals surface area contributed by atoms with E-state index < -0.39 is 0 Å². The van der Waals surface area contributed by atoms with Gasteiger partial charge in [0.05, 0.1) is 11.2 Å². The number of aryl methyl sites for hydroxylation is 1. The highest BCUT2D eigenvalue weighted by molar-refractivity contribution is 6.31. The molecule has 1 aromatic heterocycles. The molecule has 0 unspecified atom stereocenters. The van der Waals surface area contributed by atoms with Crippen molar-refractivity contribution >= 4 is 34.4 Å². The topological polar surface area (TPSA) is 25.2 Å². The van der Waals surface area contributed by atoms with E-state index in [-0.39, 0.29) is 0 Å². The Morgan fingerprint density at radius 1 is 1.00 bits per heavy atom. The zero-order chi connectivity index (χ0) is 15.6. The maximum atomic E-state index is 6.15. The monoisotopic (exact) mass is 320 g/mol. The lowest BCUT2D eigenvalue weighted by Crippen LogP contribution is -2.06. The third-order valence-electron chi connectivity index (χ3n) is 4.34. The second kappa shape index (κ2) is 6.13. The molecule has 0 amide bonds. The molecule has 3 heteroatoms. The first-order chi connectivity index (χ1) is 11.3. The lowest BCUT2D eigenvalue weighted by molar-refractivity contribution is 0.672. The van der Waals surface area contributed by atoms with Crippen LogP contribution >= 0.6 is 11.6 Å². The Kier molecular flexibility index (Phi) is 3.84. The molecule has 0 N–H and O–H groups in total. The van der Waals surface area contributed by atoms with Crippen LogP contribution in [-0.2, 0) is 12.8 Å². The first kappa shape index (κ1) is 14.4. The fraction of sp³-hybridized carbons (Fsp3) is 0.200. The summed E-state index contributed by atoms with van der Waals surface area (Å²) < 4.78 is 0. The van der Waals surface area contributed by atoms with Crippen molar-refractivity contribution in [3.05, 3.63) is 70.4 Å². The van der Waals surface area contributed by atoms with Gasteiger partial charge in [-0.3, -0.25) is 9.98 Å². The molecule has 114 valence electrons. The Bertz CT molecular complexity index is 885. The second-order valence-corrected chi connectivity index (χ2v) is 6.36. The van der Waals surface area contributed by atoms with Crippen LogP contribution in [0.15, 0.2) is 53.5 Å². The molecule has 4 rings (SSSR count). The van der Waals surface area contributed by atoms with Gasteiger partial charge in [0.25, 0.3) is 0 Å². The van der Waals surface area contributed by atoms with Crippen LogP contribution in [0.25, 0.3) is 10.9 Å². The fourth-order valence-corrected chi connectivity index (χ4v) is 3.37. The van der Waals surface area contributed by atoms with Crippen molar-refractivity contribution in [2.45, 2.75) is 25.7 Å². The molecular weight excluding hydrogens is 304 g/mol. The van der Waals surface area contributed by atoms with Crippen molar-refractivity contribution in [3.63, 3.8) is 0 Å². The Morgan fingerprint density at radius 3 is 2.70 bits per heavy atom. The second-order valence-electron chi connectivity index (χ2n) is 5.92. The van der Waals surface area contributed by atoms with E-state index in [1.54, 1.807) is 0 Å². The summed E-state index contributed by atoms with van der Waals surface area (Å²) in [6, 6.07) is 16.1. The van der Waals surface area contributed by atoms with E-state index in [0.717, 1.165) is 40.0 Å². The molecule has 0 fully saturated rings. The number of aromatic nitrogens is 1. The van der Waals surface area contributed by atoms with Gasteiger partial charge < -0.3 is 0 Å². The molecule has 0 atom stereocenters. The number of halogens is 1. The summed E-state index contributed by atoms with van der Waals surface area (Å²) in [6.07, 6.45) is 6.45. The SMILES string of the molecule is Clc1ccc2c(/N=C/c3ccccc3)c3c(nc2c1)CCCC3. The Morgan fingerprint density at radius 2 is 1.83 bits per heavy atom. The van der Waals surface area contributed by atoms with E-state index in [1.165, 1.54) is 24.1 Å². The van der Waals surface area contributed by atoms with Crippen molar-refractivity contribution in [1.29, 1.82) is 0 Å². The molecule has 0 bridgehead atoms. The van der Waals surface area contributed by atoms with Gasteiger partial charge in [-0.2, -0.15) is 0 Å². The van der Waals surface area contributed by atoms with Crippen molar-refractivity contribution in [2.24, 2.45) is 4.99 Å². The Hall–Kier alpha value is -2.19. The first-order valence-electron chi connectivity index (χ1n) is 8.01. The minimum Gasteiger partial charge on any atom is -0.255 e. The minimum atomic E-state index is 0.721.